The molecular weight excluding hydrogens is 364 g/mol. The Hall–Kier alpha value is -1.00. The third-order valence-electron chi connectivity index (χ3n) is 5.82. The first-order chi connectivity index (χ1) is 12.8. The van der Waals surface area contributed by atoms with Crippen LogP contribution in [0.2, 0.25) is 0 Å². The highest BCUT2D eigenvalue weighted by atomic mass is 16.5. The predicted octanol–water partition coefficient (Wildman–Crippen LogP) is 6.17. The van der Waals surface area contributed by atoms with Gasteiger partial charge in [0.05, 0.1) is 16.6 Å². The van der Waals surface area contributed by atoms with Gasteiger partial charge in [0.25, 0.3) is 0 Å². The molecule has 0 aliphatic rings. The zero-order valence-electron chi connectivity index (χ0n) is 20.9. The molecule has 0 fully saturated rings. The summed E-state index contributed by atoms with van der Waals surface area (Å²) < 4.78 is 12.1. The highest BCUT2D eigenvalue weighted by molar-refractivity contribution is 5.89. The summed E-state index contributed by atoms with van der Waals surface area (Å²) in [6.07, 6.45) is 3.42. The van der Waals surface area contributed by atoms with E-state index >= 15 is 0 Å². The topological polar surface area (TPSA) is 52.6 Å². The van der Waals surface area contributed by atoms with Crippen molar-refractivity contribution in [2.75, 3.05) is 6.61 Å². The summed E-state index contributed by atoms with van der Waals surface area (Å²) in [6, 6.07) is 0. The van der Waals surface area contributed by atoms with Gasteiger partial charge < -0.3 is 9.47 Å². The van der Waals surface area contributed by atoms with E-state index in [1.54, 1.807) is 0 Å². The van der Waals surface area contributed by atoms with Gasteiger partial charge in [0, 0.05) is 18.4 Å². The van der Waals surface area contributed by atoms with Crippen LogP contribution in [-0.4, -0.2) is 35.5 Å². The lowest BCUT2D eigenvalue weighted by molar-refractivity contribution is -0.166. The average Bonchev–Trinajstić information content (AvgIpc) is 2.51. The molecule has 2 atom stereocenters. The van der Waals surface area contributed by atoms with Crippen LogP contribution in [0.15, 0.2) is 12.7 Å². The molecule has 0 aromatic carbocycles. The van der Waals surface area contributed by atoms with Gasteiger partial charge in [-0.3, -0.25) is 9.59 Å². The minimum atomic E-state index is -0.715. The van der Waals surface area contributed by atoms with E-state index in [0.717, 1.165) is 12.8 Å². The van der Waals surface area contributed by atoms with Crippen LogP contribution in [-0.2, 0) is 19.1 Å². The third-order valence-corrected chi connectivity index (χ3v) is 5.82. The van der Waals surface area contributed by atoms with E-state index in [1.807, 2.05) is 82.2 Å². The van der Waals surface area contributed by atoms with Gasteiger partial charge in [-0.05, 0) is 60.3 Å². The summed E-state index contributed by atoms with van der Waals surface area (Å²) in [5.74, 6) is 0.493. The first-order valence-electron chi connectivity index (χ1n) is 10.9. The highest BCUT2D eigenvalue weighted by Crippen LogP contribution is 2.37. The van der Waals surface area contributed by atoms with Crippen molar-refractivity contribution in [3.8, 4) is 0 Å². The van der Waals surface area contributed by atoms with Crippen LogP contribution in [0.4, 0.5) is 0 Å². The maximum atomic E-state index is 13.1. The fourth-order valence-corrected chi connectivity index (χ4v) is 3.16. The van der Waals surface area contributed by atoms with Crippen LogP contribution in [0, 0.1) is 16.7 Å². The monoisotopic (exact) mass is 410 g/mol. The van der Waals surface area contributed by atoms with Gasteiger partial charge in [-0.25, -0.2) is 0 Å². The van der Waals surface area contributed by atoms with Crippen molar-refractivity contribution in [1.82, 2.24) is 0 Å². The zero-order valence-corrected chi connectivity index (χ0v) is 20.9. The maximum Gasteiger partial charge on any atom is 0.169 e. The van der Waals surface area contributed by atoms with Crippen molar-refractivity contribution in [3.63, 3.8) is 0 Å². The van der Waals surface area contributed by atoms with Gasteiger partial charge in [-0.2, -0.15) is 0 Å². The number of ether oxygens (including phenoxy) is 2. The molecule has 2 unspecified atom stereocenters. The smallest absolute Gasteiger partial charge is 0.169 e. The van der Waals surface area contributed by atoms with E-state index in [2.05, 4.69) is 6.58 Å². The van der Waals surface area contributed by atoms with Crippen LogP contribution in [0.1, 0.15) is 95.4 Å². The summed E-state index contributed by atoms with van der Waals surface area (Å²) >= 11 is 0. The Morgan fingerprint density at radius 2 is 1.48 bits per heavy atom. The Morgan fingerprint density at radius 3 is 1.90 bits per heavy atom. The summed E-state index contributed by atoms with van der Waals surface area (Å²) in [7, 11) is 0. The van der Waals surface area contributed by atoms with Crippen molar-refractivity contribution in [2.24, 2.45) is 16.7 Å². The molecule has 4 heteroatoms. The molecule has 0 aliphatic heterocycles. The molecular formula is C25H46O4. The Morgan fingerprint density at radius 1 is 0.966 bits per heavy atom. The van der Waals surface area contributed by atoms with Crippen LogP contribution >= 0.6 is 0 Å². The van der Waals surface area contributed by atoms with Crippen molar-refractivity contribution >= 4 is 11.6 Å². The maximum absolute atomic E-state index is 13.1. The van der Waals surface area contributed by atoms with Crippen LogP contribution in [0.25, 0.3) is 0 Å². The number of Topliss-reactive ketones (excluding diaryl/α,β-unsaturated/α-hetero) is 2. The standard InChI is InChI=1S/C25H46O4/c1-13-14-19(17-20(26)22(3,4)5)15-16-28-25(11,12)24(9,10)21(27)18(2)29-23(6,7)8/h13,18-19H,1,14-17H2,2-12H3. The minimum Gasteiger partial charge on any atom is -0.375 e. The van der Waals surface area contributed by atoms with Crippen molar-refractivity contribution in [3.05, 3.63) is 12.7 Å². The zero-order chi connectivity index (χ0) is 23.3. The Bertz CT molecular complexity index is 558. The molecule has 0 rings (SSSR count). The fraction of sp³-hybridized carbons (Fsp3) is 0.840. The Labute approximate surface area is 179 Å². The van der Waals surface area contributed by atoms with Gasteiger partial charge >= 0.3 is 0 Å². The second-order valence-electron chi connectivity index (χ2n) is 11.3. The number of rotatable bonds is 12. The molecule has 0 aromatic rings. The van der Waals surface area contributed by atoms with E-state index < -0.39 is 17.1 Å². The molecule has 0 saturated carbocycles. The first-order valence-corrected chi connectivity index (χ1v) is 10.9. The van der Waals surface area contributed by atoms with E-state index in [9.17, 15) is 9.59 Å². The Balaban J connectivity index is 5.02. The summed E-state index contributed by atoms with van der Waals surface area (Å²) in [5, 5.41) is 0. The predicted molar refractivity (Wildman–Crippen MR) is 121 cm³/mol. The molecule has 0 N–H and O–H groups in total. The lowest BCUT2D eigenvalue weighted by Crippen LogP contribution is -2.51. The van der Waals surface area contributed by atoms with Gasteiger partial charge in [0.1, 0.15) is 11.9 Å². The molecule has 0 aromatic heterocycles. The molecule has 29 heavy (non-hydrogen) atoms. The van der Waals surface area contributed by atoms with Crippen molar-refractivity contribution < 1.29 is 19.1 Å². The average molecular weight is 411 g/mol. The number of carbonyl (C=O) groups excluding carboxylic acids is 2. The quantitative estimate of drug-likeness (QED) is 0.361. The molecule has 0 heterocycles. The summed E-state index contributed by atoms with van der Waals surface area (Å²) in [5.41, 5.74) is -2.09. The van der Waals surface area contributed by atoms with Gasteiger partial charge in [-0.1, -0.05) is 40.7 Å². The van der Waals surface area contributed by atoms with E-state index in [0.29, 0.717) is 13.0 Å². The summed E-state index contributed by atoms with van der Waals surface area (Å²) in [4.78, 5) is 25.5. The molecule has 0 aliphatic carbocycles. The van der Waals surface area contributed by atoms with Crippen LogP contribution < -0.4 is 0 Å². The number of ketones is 2. The fourth-order valence-electron chi connectivity index (χ4n) is 3.16. The lowest BCUT2D eigenvalue weighted by Gasteiger charge is -2.42. The second kappa shape index (κ2) is 10.3. The second-order valence-corrected chi connectivity index (χ2v) is 11.3. The van der Waals surface area contributed by atoms with Crippen molar-refractivity contribution in [2.45, 2.75) is 113 Å². The molecule has 0 bridgehead atoms. The number of carbonyl (C=O) groups is 2. The molecule has 0 spiro atoms. The van der Waals surface area contributed by atoms with E-state index in [1.165, 1.54) is 0 Å². The molecule has 170 valence electrons. The van der Waals surface area contributed by atoms with Crippen LogP contribution in [0.3, 0.4) is 0 Å². The normalized spacial score (nSPS) is 15.7. The van der Waals surface area contributed by atoms with Gasteiger partial charge in [0.15, 0.2) is 5.78 Å². The lowest BCUT2D eigenvalue weighted by atomic mass is 9.72. The number of hydrogen-bond acceptors (Lipinski definition) is 4. The molecule has 4 nitrogen and oxygen atoms in total. The molecule has 0 saturated heterocycles. The number of hydrogen-bond donors (Lipinski definition) is 0. The summed E-state index contributed by atoms with van der Waals surface area (Å²) in [6.45, 7) is 25.6. The van der Waals surface area contributed by atoms with Crippen LogP contribution in [0.5, 0.6) is 0 Å². The SMILES string of the molecule is C=CCC(CCOC(C)(C)C(C)(C)C(=O)C(C)OC(C)(C)C)CC(=O)C(C)(C)C. The van der Waals surface area contributed by atoms with E-state index in [4.69, 9.17) is 9.47 Å². The largest absolute Gasteiger partial charge is 0.375 e. The van der Waals surface area contributed by atoms with Gasteiger partial charge in [-0.15, -0.1) is 6.58 Å². The molecule has 0 radical (unpaired) electrons. The van der Waals surface area contributed by atoms with E-state index in [-0.39, 0.29) is 28.5 Å². The number of allylic oxidation sites excluding steroid dienone is 1. The minimum absolute atomic E-state index is 0.0305. The molecule has 0 amide bonds. The Kier molecular flexibility index (Phi) is 9.99. The van der Waals surface area contributed by atoms with Gasteiger partial charge in [0.2, 0.25) is 0 Å². The van der Waals surface area contributed by atoms with Crippen molar-refractivity contribution in [1.29, 1.82) is 0 Å². The first kappa shape index (κ1) is 28.0. The third kappa shape index (κ3) is 9.13. The highest BCUT2D eigenvalue weighted by Gasteiger charge is 2.46.